The summed E-state index contributed by atoms with van der Waals surface area (Å²) in [6.45, 7) is 4.15. The minimum absolute atomic E-state index is 0.158. The van der Waals surface area contributed by atoms with Gasteiger partial charge in [-0.15, -0.1) is 0 Å². The van der Waals surface area contributed by atoms with Crippen LogP contribution in [0.2, 0.25) is 0 Å². The van der Waals surface area contributed by atoms with E-state index in [1.807, 2.05) is 18.2 Å². The largest absolute Gasteiger partial charge is 0.496 e. The van der Waals surface area contributed by atoms with Crippen LogP contribution in [-0.4, -0.2) is 12.9 Å². The summed E-state index contributed by atoms with van der Waals surface area (Å²) < 4.78 is 6.04. The number of ketones is 1. The molecule has 0 heterocycles. The molecule has 1 rings (SSSR count). The molecule has 0 fully saturated rings. The SMILES string of the molecule is CCC(=CC(=O)Cc1ccc(OC)c(Br)c1)CC. The zero-order chi connectivity index (χ0) is 13.5. The molecule has 3 heteroatoms. The number of allylic oxidation sites excluding steroid dienone is 2. The van der Waals surface area contributed by atoms with Crippen molar-refractivity contribution >= 4 is 21.7 Å². The number of methoxy groups -OCH3 is 1. The predicted octanol–water partition coefficient (Wildman–Crippen LogP) is 4.32. The Kier molecular flexibility index (Phi) is 6.13. The highest BCUT2D eigenvalue weighted by Crippen LogP contribution is 2.25. The Morgan fingerprint density at radius 1 is 1.33 bits per heavy atom. The van der Waals surface area contributed by atoms with Gasteiger partial charge in [0.1, 0.15) is 5.75 Å². The second kappa shape index (κ2) is 7.37. The number of carbonyl (C=O) groups excluding carboxylic acids is 1. The van der Waals surface area contributed by atoms with Crippen LogP contribution in [0.3, 0.4) is 0 Å². The minimum atomic E-state index is 0.158. The van der Waals surface area contributed by atoms with Gasteiger partial charge in [-0.1, -0.05) is 25.5 Å². The summed E-state index contributed by atoms with van der Waals surface area (Å²) >= 11 is 3.42. The van der Waals surface area contributed by atoms with Gasteiger partial charge in [0, 0.05) is 6.42 Å². The van der Waals surface area contributed by atoms with Gasteiger partial charge in [-0.3, -0.25) is 4.79 Å². The van der Waals surface area contributed by atoms with E-state index in [4.69, 9.17) is 4.74 Å². The fourth-order valence-corrected chi connectivity index (χ4v) is 2.34. The molecule has 0 spiro atoms. The Morgan fingerprint density at radius 3 is 2.50 bits per heavy atom. The Bertz CT molecular complexity index is 444. The third-order valence-electron chi connectivity index (χ3n) is 2.87. The highest BCUT2D eigenvalue weighted by atomic mass is 79.9. The molecular formula is C15H19BrO2. The molecule has 0 N–H and O–H groups in total. The van der Waals surface area contributed by atoms with Crippen molar-refractivity contribution in [2.45, 2.75) is 33.1 Å². The molecule has 0 saturated heterocycles. The van der Waals surface area contributed by atoms with Crippen molar-refractivity contribution in [3.8, 4) is 5.75 Å². The molecule has 0 bridgehead atoms. The number of halogens is 1. The lowest BCUT2D eigenvalue weighted by atomic mass is 10.0. The van der Waals surface area contributed by atoms with Crippen LogP contribution in [0, 0.1) is 0 Å². The molecule has 0 aliphatic rings. The molecule has 0 aliphatic heterocycles. The van der Waals surface area contributed by atoms with Crippen molar-refractivity contribution in [1.29, 1.82) is 0 Å². The molecule has 18 heavy (non-hydrogen) atoms. The molecular weight excluding hydrogens is 292 g/mol. The molecule has 1 aromatic rings. The molecule has 98 valence electrons. The molecule has 0 aromatic heterocycles. The molecule has 0 radical (unpaired) electrons. The molecule has 0 saturated carbocycles. The average molecular weight is 311 g/mol. The van der Waals surface area contributed by atoms with Gasteiger partial charge in [-0.05, 0) is 52.5 Å². The molecule has 1 aromatic carbocycles. The smallest absolute Gasteiger partial charge is 0.160 e. The van der Waals surface area contributed by atoms with Crippen molar-refractivity contribution in [2.75, 3.05) is 7.11 Å². The third kappa shape index (κ3) is 4.30. The lowest BCUT2D eigenvalue weighted by molar-refractivity contribution is -0.114. The maximum Gasteiger partial charge on any atom is 0.160 e. The minimum Gasteiger partial charge on any atom is -0.496 e. The van der Waals surface area contributed by atoms with Crippen molar-refractivity contribution in [3.63, 3.8) is 0 Å². The van der Waals surface area contributed by atoms with Gasteiger partial charge < -0.3 is 4.74 Å². The van der Waals surface area contributed by atoms with Crippen LogP contribution in [0.15, 0.2) is 34.3 Å². The third-order valence-corrected chi connectivity index (χ3v) is 3.49. The monoisotopic (exact) mass is 310 g/mol. The standard InChI is InChI=1S/C15H19BrO2/c1-4-11(5-2)8-13(17)9-12-6-7-15(18-3)14(16)10-12/h6-8,10H,4-5,9H2,1-3H3. The van der Waals surface area contributed by atoms with Crippen LogP contribution in [0.25, 0.3) is 0 Å². The van der Waals surface area contributed by atoms with Crippen LogP contribution >= 0.6 is 15.9 Å². The first kappa shape index (κ1) is 15.0. The normalized spacial score (nSPS) is 10.0. The van der Waals surface area contributed by atoms with Gasteiger partial charge in [0.2, 0.25) is 0 Å². The lowest BCUT2D eigenvalue weighted by Crippen LogP contribution is -2.00. The summed E-state index contributed by atoms with van der Waals surface area (Å²) in [5.74, 6) is 0.940. The van der Waals surface area contributed by atoms with E-state index in [0.29, 0.717) is 6.42 Å². The predicted molar refractivity (Wildman–Crippen MR) is 78.1 cm³/mol. The van der Waals surface area contributed by atoms with Crippen LogP contribution < -0.4 is 4.74 Å². The van der Waals surface area contributed by atoms with E-state index < -0.39 is 0 Å². The van der Waals surface area contributed by atoms with E-state index in [9.17, 15) is 4.79 Å². The summed E-state index contributed by atoms with van der Waals surface area (Å²) in [5.41, 5.74) is 2.20. The Morgan fingerprint density at radius 2 is 2.00 bits per heavy atom. The van der Waals surface area contributed by atoms with E-state index in [1.165, 1.54) is 5.57 Å². The van der Waals surface area contributed by atoms with Gasteiger partial charge in [0.25, 0.3) is 0 Å². The van der Waals surface area contributed by atoms with Crippen molar-refractivity contribution in [3.05, 3.63) is 39.9 Å². The fraction of sp³-hybridized carbons (Fsp3) is 0.400. The highest BCUT2D eigenvalue weighted by molar-refractivity contribution is 9.10. The zero-order valence-electron chi connectivity index (χ0n) is 11.1. The summed E-state index contributed by atoms with van der Waals surface area (Å²) in [5, 5.41) is 0. The van der Waals surface area contributed by atoms with Crippen LogP contribution in [-0.2, 0) is 11.2 Å². The topological polar surface area (TPSA) is 26.3 Å². The van der Waals surface area contributed by atoms with Crippen molar-refractivity contribution < 1.29 is 9.53 Å². The Hall–Kier alpha value is -1.09. The zero-order valence-corrected chi connectivity index (χ0v) is 12.7. The first-order valence-corrected chi connectivity index (χ1v) is 6.94. The Balaban J connectivity index is 2.76. The van der Waals surface area contributed by atoms with Crippen LogP contribution in [0.5, 0.6) is 5.75 Å². The van der Waals surface area contributed by atoms with E-state index in [2.05, 4.69) is 29.8 Å². The number of rotatable bonds is 6. The maximum absolute atomic E-state index is 11.9. The second-order valence-electron chi connectivity index (χ2n) is 4.12. The second-order valence-corrected chi connectivity index (χ2v) is 4.98. The van der Waals surface area contributed by atoms with Gasteiger partial charge in [-0.25, -0.2) is 0 Å². The number of hydrogen-bond acceptors (Lipinski definition) is 2. The molecule has 0 atom stereocenters. The van der Waals surface area contributed by atoms with Gasteiger partial charge in [-0.2, -0.15) is 0 Å². The summed E-state index contributed by atoms with van der Waals surface area (Å²) in [6, 6.07) is 5.73. The summed E-state index contributed by atoms with van der Waals surface area (Å²) in [6.07, 6.45) is 4.09. The fourth-order valence-electron chi connectivity index (χ4n) is 1.75. The van der Waals surface area contributed by atoms with Crippen LogP contribution in [0.4, 0.5) is 0 Å². The quantitative estimate of drug-likeness (QED) is 0.732. The molecule has 2 nitrogen and oxygen atoms in total. The number of carbonyl (C=O) groups is 1. The van der Waals surface area contributed by atoms with Gasteiger partial charge >= 0.3 is 0 Å². The van der Waals surface area contributed by atoms with E-state index in [0.717, 1.165) is 28.6 Å². The van der Waals surface area contributed by atoms with E-state index in [-0.39, 0.29) is 5.78 Å². The number of ether oxygens (including phenoxy) is 1. The molecule has 0 amide bonds. The Labute approximate surface area is 117 Å². The van der Waals surface area contributed by atoms with Gasteiger partial charge in [0.15, 0.2) is 5.78 Å². The van der Waals surface area contributed by atoms with Crippen LogP contribution in [0.1, 0.15) is 32.3 Å². The lowest BCUT2D eigenvalue weighted by Gasteiger charge is -2.05. The number of benzene rings is 1. The first-order chi connectivity index (χ1) is 8.60. The summed E-state index contributed by atoms with van der Waals surface area (Å²) in [7, 11) is 1.63. The molecule has 0 unspecified atom stereocenters. The van der Waals surface area contributed by atoms with E-state index in [1.54, 1.807) is 13.2 Å². The van der Waals surface area contributed by atoms with Gasteiger partial charge in [0.05, 0.1) is 11.6 Å². The van der Waals surface area contributed by atoms with E-state index >= 15 is 0 Å². The van der Waals surface area contributed by atoms with Crippen molar-refractivity contribution in [2.24, 2.45) is 0 Å². The maximum atomic E-state index is 11.9. The summed E-state index contributed by atoms with van der Waals surface area (Å²) in [4.78, 5) is 11.9. The van der Waals surface area contributed by atoms with Crippen molar-refractivity contribution in [1.82, 2.24) is 0 Å². The highest BCUT2D eigenvalue weighted by Gasteiger charge is 2.05. The number of hydrogen-bond donors (Lipinski definition) is 0. The molecule has 0 aliphatic carbocycles. The average Bonchev–Trinajstić information content (AvgIpc) is 2.36. The first-order valence-electron chi connectivity index (χ1n) is 6.15.